The van der Waals surface area contributed by atoms with Gasteiger partial charge in [0.05, 0.1) is 17.4 Å². The number of aryl methyl sites for hydroxylation is 1. The van der Waals surface area contributed by atoms with Gasteiger partial charge in [-0.2, -0.15) is 10.4 Å². The molecule has 4 heterocycles. The first-order chi connectivity index (χ1) is 15.4. The number of carbonyl (C=O) groups excluding carboxylic acids is 1. The van der Waals surface area contributed by atoms with Crippen LogP contribution in [0.4, 0.5) is 13.2 Å². The van der Waals surface area contributed by atoms with Gasteiger partial charge < -0.3 is 4.90 Å². The molecule has 0 unspecified atom stereocenters. The van der Waals surface area contributed by atoms with E-state index in [1.165, 1.54) is 10.7 Å². The number of aromatic nitrogens is 3. The highest BCUT2D eigenvalue weighted by Gasteiger charge is 2.44. The molecule has 1 aromatic carbocycles. The van der Waals surface area contributed by atoms with Crippen LogP contribution in [0.25, 0.3) is 11.3 Å². The summed E-state index contributed by atoms with van der Waals surface area (Å²) in [5, 5.41) is 13.7. The lowest BCUT2D eigenvalue weighted by Gasteiger charge is -2.45. The SMILES string of the molecule is Cn1nc2c(c1-c1cc(F)c(F)c(F)c1)C[C@H]1CCC[C@@H]2N1C(=O)c1cccc(C#N)n1. The largest absolute Gasteiger partial charge is 0.325 e. The van der Waals surface area contributed by atoms with Crippen LogP contribution >= 0.6 is 0 Å². The van der Waals surface area contributed by atoms with E-state index in [4.69, 9.17) is 5.26 Å². The Kier molecular flexibility index (Phi) is 4.73. The third-order valence-electron chi connectivity index (χ3n) is 6.25. The van der Waals surface area contributed by atoms with Crippen molar-refractivity contribution in [3.05, 3.63) is 70.4 Å². The lowest BCUT2D eigenvalue weighted by molar-refractivity contribution is 0.0386. The first-order valence-electron chi connectivity index (χ1n) is 10.3. The summed E-state index contributed by atoms with van der Waals surface area (Å²) in [6.07, 6.45) is 2.82. The molecule has 2 atom stereocenters. The smallest absolute Gasteiger partial charge is 0.273 e. The molecule has 0 aliphatic carbocycles. The van der Waals surface area contributed by atoms with Gasteiger partial charge in [0, 0.05) is 24.2 Å². The number of nitriles is 1. The maximum atomic E-state index is 13.9. The van der Waals surface area contributed by atoms with Crippen molar-refractivity contribution in [3.8, 4) is 17.3 Å². The third-order valence-corrected chi connectivity index (χ3v) is 6.25. The predicted molar refractivity (Wildman–Crippen MR) is 108 cm³/mol. The maximum absolute atomic E-state index is 13.9. The van der Waals surface area contributed by atoms with Crippen molar-refractivity contribution < 1.29 is 18.0 Å². The molecule has 32 heavy (non-hydrogen) atoms. The summed E-state index contributed by atoms with van der Waals surface area (Å²) in [4.78, 5) is 19.3. The summed E-state index contributed by atoms with van der Waals surface area (Å²) in [6.45, 7) is 0. The number of carbonyl (C=O) groups is 1. The molecule has 162 valence electrons. The van der Waals surface area contributed by atoms with Gasteiger partial charge in [0.15, 0.2) is 17.5 Å². The molecule has 0 N–H and O–H groups in total. The molecule has 1 amide bonds. The lowest BCUT2D eigenvalue weighted by Crippen LogP contribution is -2.50. The van der Waals surface area contributed by atoms with Crippen molar-refractivity contribution in [1.29, 1.82) is 5.26 Å². The second-order valence-corrected chi connectivity index (χ2v) is 8.13. The molecule has 0 radical (unpaired) electrons. The van der Waals surface area contributed by atoms with Crippen LogP contribution in [0.15, 0.2) is 30.3 Å². The summed E-state index contributed by atoms with van der Waals surface area (Å²) in [7, 11) is 1.67. The van der Waals surface area contributed by atoms with Gasteiger partial charge in [-0.25, -0.2) is 18.2 Å². The monoisotopic (exact) mass is 437 g/mol. The topological polar surface area (TPSA) is 74.8 Å². The first kappa shape index (κ1) is 20.2. The number of amides is 1. The normalized spacial score (nSPS) is 19.4. The van der Waals surface area contributed by atoms with Crippen LogP contribution in [0.2, 0.25) is 0 Å². The van der Waals surface area contributed by atoms with Crippen molar-refractivity contribution in [1.82, 2.24) is 19.7 Å². The zero-order valence-electron chi connectivity index (χ0n) is 17.1. The van der Waals surface area contributed by atoms with Crippen LogP contribution < -0.4 is 0 Å². The Hall–Kier alpha value is -3.67. The van der Waals surface area contributed by atoms with Crippen molar-refractivity contribution in [3.63, 3.8) is 0 Å². The van der Waals surface area contributed by atoms with E-state index in [1.54, 1.807) is 24.1 Å². The Morgan fingerprint density at radius 3 is 2.66 bits per heavy atom. The number of halogens is 3. The molecule has 6 nitrogen and oxygen atoms in total. The highest BCUT2D eigenvalue weighted by Crippen LogP contribution is 2.45. The van der Waals surface area contributed by atoms with E-state index >= 15 is 0 Å². The minimum Gasteiger partial charge on any atom is -0.325 e. The Bertz CT molecular complexity index is 1270. The number of nitrogens with zero attached hydrogens (tertiary/aromatic N) is 5. The quantitative estimate of drug-likeness (QED) is 0.567. The summed E-state index contributed by atoms with van der Waals surface area (Å²) in [5.41, 5.74) is 2.58. The lowest BCUT2D eigenvalue weighted by atomic mass is 9.81. The summed E-state index contributed by atoms with van der Waals surface area (Å²) in [5.74, 6) is -4.29. The molecule has 2 aliphatic heterocycles. The van der Waals surface area contributed by atoms with Crippen molar-refractivity contribution in [2.75, 3.05) is 0 Å². The number of hydrogen-bond donors (Lipinski definition) is 0. The Labute approximate surface area is 181 Å². The number of hydrogen-bond acceptors (Lipinski definition) is 4. The van der Waals surface area contributed by atoms with Gasteiger partial charge >= 0.3 is 0 Å². The Morgan fingerprint density at radius 2 is 1.94 bits per heavy atom. The molecular weight excluding hydrogens is 419 g/mol. The minimum absolute atomic E-state index is 0.139. The van der Waals surface area contributed by atoms with E-state index < -0.39 is 17.5 Å². The Balaban J connectivity index is 1.59. The van der Waals surface area contributed by atoms with Gasteiger partial charge in [0.1, 0.15) is 17.5 Å². The summed E-state index contributed by atoms with van der Waals surface area (Å²) in [6, 6.07) is 8.19. The predicted octanol–water partition coefficient (Wildman–Crippen LogP) is 4.06. The molecule has 3 aromatic rings. The molecule has 2 aromatic heterocycles. The third kappa shape index (κ3) is 3.06. The maximum Gasteiger partial charge on any atom is 0.273 e. The second kappa shape index (κ2) is 7.48. The number of piperidine rings is 1. The van der Waals surface area contributed by atoms with Crippen LogP contribution in [0, 0.1) is 28.8 Å². The van der Waals surface area contributed by atoms with Crippen LogP contribution in [-0.2, 0) is 13.5 Å². The van der Waals surface area contributed by atoms with E-state index in [0.717, 1.165) is 30.5 Å². The average Bonchev–Trinajstić information content (AvgIpc) is 3.11. The fraction of sp³-hybridized carbons (Fsp3) is 0.304. The van der Waals surface area contributed by atoms with Crippen molar-refractivity contribution in [2.45, 2.75) is 37.8 Å². The minimum atomic E-state index is -1.51. The molecule has 5 rings (SSSR count). The molecule has 0 spiro atoms. The van der Waals surface area contributed by atoms with Gasteiger partial charge in [-0.3, -0.25) is 9.48 Å². The number of pyridine rings is 1. The number of benzene rings is 1. The van der Waals surface area contributed by atoms with E-state index in [2.05, 4.69) is 10.1 Å². The second-order valence-electron chi connectivity index (χ2n) is 8.13. The highest BCUT2D eigenvalue weighted by molar-refractivity contribution is 5.93. The molecule has 9 heteroatoms. The molecule has 2 aliphatic rings. The number of rotatable bonds is 2. The van der Waals surface area contributed by atoms with E-state index in [0.29, 0.717) is 24.2 Å². The van der Waals surface area contributed by atoms with Crippen LogP contribution in [0.5, 0.6) is 0 Å². The number of fused-ring (bicyclic) bond motifs is 4. The van der Waals surface area contributed by atoms with Crippen molar-refractivity contribution in [2.24, 2.45) is 7.05 Å². The van der Waals surface area contributed by atoms with E-state index in [-0.39, 0.29) is 34.9 Å². The van der Waals surface area contributed by atoms with Crippen LogP contribution in [-0.4, -0.2) is 31.6 Å². The average molecular weight is 437 g/mol. The molecule has 0 saturated carbocycles. The fourth-order valence-corrected chi connectivity index (χ4v) is 4.95. The highest BCUT2D eigenvalue weighted by atomic mass is 19.2. The van der Waals surface area contributed by atoms with Gasteiger partial charge in [-0.1, -0.05) is 6.07 Å². The molecular formula is C23H18F3N5O. The summed E-state index contributed by atoms with van der Waals surface area (Å²) >= 11 is 0. The van der Waals surface area contributed by atoms with E-state index in [9.17, 15) is 18.0 Å². The Morgan fingerprint density at radius 1 is 1.19 bits per heavy atom. The zero-order valence-corrected chi connectivity index (χ0v) is 17.1. The van der Waals surface area contributed by atoms with E-state index in [1.807, 2.05) is 6.07 Å². The molecule has 1 fully saturated rings. The first-order valence-corrected chi connectivity index (χ1v) is 10.3. The van der Waals surface area contributed by atoms with Gasteiger partial charge in [0.2, 0.25) is 0 Å². The van der Waals surface area contributed by atoms with Gasteiger partial charge in [-0.15, -0.1) is 0 Å². The van der Waals surface area contributed by atoms with Crippen LogP contribution in [0.3, 0.4) is 0 Å². The van der Waals surface area contributed by atoms with Crippen LogP contribution in [0.1, 0.15) is 52.7 Å². The van der Waals surface area contributed by atoms with Gasteiger partial charge in [-0.05, 0) is 49.9 Å². The summed E-state index contributed by atoms with van der Waals surface area (Å²) < 4.78 is 42.9. The van der Waals surface area contributed by atoms with Gasteiger partial charge in [0.25, 0.3) is 5.91 Å². The standard InChI is InChI=1S/C23H18F3N5O/c1-30-22(12-8-16(24)20(26)17(25)9-12)15-10-14-5-3-7-19(21(15)29-30)31(14)23(32)18-6-2-4-13(11-27)28-18/h2,4,6,8-9,14,19H,3,5,7,10H2,1H3/t14-,19+/m1/s1. The zero-order chi connectivity index (χ0) is 22.6. The molecule has 2 bridgehead atoms. The van der Waals surface area contributed by atoms with Crippen molar-refractivity contribution >= 4 is 5.91 Å². The fourth-order valence-electron chi connectivity index (χ4n) is 4.95. The molecule has 1 saturated heterocycles.